The molecule has 1 amide bonds. The van der Waals surface area contributed by atoms with Crippen molar-refractivity contribution in [3.8, 4) is 11.1 Å². The molecular weight excluding hydrogens is 386 g/mol. The van der Waals surface area contributed by atoms with Gasteiger partial charge in [0.1, 0.15) is 11.9 Å². The van der Waals surface area contributed by atoms with Gasteiger partial charge in [-0.25, -0.2) is 0 Å². The predicted octanol–water partition coefficient (Wildman–Crippen LogP) is 5.41. The highest BCUT2D eigenvalue weighted by Gasteiger charge is 2.42. The minimum absolute atomic E-state index is 0.104. The molecular formula is C27H27NO3. The van der Waals surface area contributed by atoms with E-state index in [1.165, 1.54) is 0 Å². The lowest BCUT2D eigenvalue weighted by atomic mass is 9.87. The third kappa shape index (κ3) is 3.99. The second kappa shape index (κ2) is 8.40. The molecule has 0 spiro atoms. The van der Waals surface area contributed by atoms with Gasteiger partial charge < -0.3 is 9.84 Å². The number of ether oxygens (including phenoxy) is 1. The summed E-state index contributed by atoms with van der Waals surface area (Å²) in [5, 5.41) is 11.2. The summed E-state index contributed by atoms with van der Waals surface area (Å²) in [6, 6.07) is 27.4. The van der Waals surface area contributed by atoms with Crippen LogP contribution in [-0.4, -0.2) is 28.2 Å². The number of carbonyl (C=O) groups excluding carboxylic acids is 1. The zero-order chi connectivity index (χ0) is 22.0. The van der Waals surface area contributed by atoms with Crippen LogP contribution in [0.1, 0.15) is 38.0 Å². The van der Waals surface area contributed by atoms with Gasteiger partial charge in [-0.05, 0) is 43.0 Å². The van der Waals surface area contributed by atoms with Gasteiger partial charge in [-0.3, -0.25) is 9.69 Å². The molecule has 0 bridgehead atoms. The van der Waals surface area contributed by atoms with E-state index in [1.54, 1.807) is 4.90 Å². The van der Waals surface area contributed by atoms with Gasteiger partial charge in [-0.15, -0.1) is 0 Å². The summed E-state index contributed by atoms with van der Waals surface area (Å²) in [5.41, 5.74) is 3.43. The van der Waals surface area contributed by atoms with Crippen molar-refractivity contribution in [1.29, 1.82) is 0 Å². The molecule has 1 unspecified atom stereocenters. The summed E-state index contributed by atoms with van der Waals surface area (Å²) in [6.07, 6.45) is -0.875. The van der Waals surface area contributed by atoms with Crippen molar-refractivity contribution >= 4 is 11.5 Å². The molecule has 3 aromatic carbocycles. The van der Waals surface area contributed by atoms with Gasteiger partial charge in [-0.1, -0.05) is 84.9 Å². The molecule has 0 fully saturated rings. The molecule has 0 aromatic heterocycles. The number of rotatable bonds is 5. The lowest BCUT2D eigenvalue weighted by Gasteiger charge is -2.44. The topological polar surface area (TPSA) is 49.8 Å². The molecule has 0 saturated heterocycles. The Bertz CT molecular complexity index is 1090. The number of hydrogen-bond acceptors (Lipinski definition) is 3. The van der Waals surface area contributed by atoms with E-state index < -0.39 is 11.6 Å². The van der Waals surface area contributed by atoms with Crippen LogP contribution < -0.4 is 0 Å². The summed E-state index contributed by atoms with van der Waals surface area (Å²) in [5.74, 6) is 0.463. The van der Waals surface area contributed by atoms with E-state index in [2.05, 4.69) is 12.1 Å². The molecule has 1 N–H and O–H groups in total. The summed E-state index contributed by atoms with van der Waals surface area (Å²) >= 11 is 0. The fourth-order valence-electron chi connectivity index (χ4n) is 3.98. The van der Waals surface area contributed by atoms with Crippen molar-refractivity contribution in [2.24, 2.45) is 0 Å². The van der Waals surface area contributed by atoms with Crippen LogP contribution in [0, 0.1) is 0 Å². The first-order valence-corrected chi connectivity index (χ1v) is 10.4. The quantitative estimate of drug-likeness (QED) is 0.608. The maximum Gasteiger partial charge on any atom is 0.261 e. The van der Waals surface area contributed by atoms with Crippen LogP contribution in [0.2, 0.25) is 0 Å². The second-order valence-corrected chi connectivity index (χ2v) is 8.35. The van der Waals surface area contributed by atoms with Gasteiger partial charge in [0.25, 0.3) is 5.91 Å². The highest BCUT2D eigenvalue weighted by molar-refractivity contribution is 6.20. The van der Waals surface area contributed by atoms with Crippen LogP contribution >= 0.6 is 0 Å². The Balaban J connectivity index is 1.60. The monoisotopic (exact) mass is 413 g/mol. The van der Waals surface area contributed by atoms with Crippen molar-refractivity contribution in [1.82, 2.24) is 4.90 Å². The van der Waals surface area contributed by atoms with E-state index in [0.29, 0.717) is 11.3 Å². The first-order valence-electron chi connectivity index (χ1n) is 10.4. The predicted molar refractivity (Wildman–Crippen MR) is 123 cm³/mol. The Labute approximate surface area is 183 Å². The largest absolute Gasteiger partial charge is 0.477 e. The number of hydrogen-bond donors (Lipinski definition) is 1. The first-order chi connectivity index (χ1) is 14.9. The van der Waals surface area contributed by atoms with Crippen LogP contribution in [-0.2, 0) is 9.53 Å². The Morgan fingerprint density at radius 1 is 0.839 bits per heavy atom. The van der Waals surface area contributed by atoms with Gasteiger partial charge in [0.2, 0.25) is 0 Å². The van der Waals surface area contributed by atoms with Crippen molar-refractivity contribution in [2.75, 3.05) is 6.73 Å². The fourth-order valence-corrected chi connectivity index (χ4v) is 3.98. The average molecular weight is 414 g/mol. The minimum Gasteiger partial charge on any atom is -0.477 e. The molecule has 0 saturated carbocycles. The zero-order valence-corrected chi connectivity index (χ0v) is 18.1. The smallest absolute Gasteiger partial charge is 0.261 e. The Morgan fingerprint density at radius 3 is 1.94 bits per heavy atom. The molecule has 31 heavy (non-hydrogen) atoms. The molecule has 158 valence electrons. The zero-order valence-electron chi connectivity index (χ0n) is 18.1. The number of carbonyl (C=O) groups is 1. The summed E-state index contributed by atoms with van der Waals surface area (Å²) in [6.45, 7) is 5.65. The summed E-state index contributed by atoms with van der Waals surface area (Å²) in [4.78, 5) is 15.0. The third-order valence-corrected chi connectivity index (χ3v) is 5.98. The first kappa shape index (κ1) is 20.9. The number of aliphatic hydroxyl groups is 1. The van der Waals surface area contributed by atoms with Crippen LogP contribution in [0.15, 0.2) is 90.7 Å². The number of allylic oxidation sites excluding steroid dienone is 1. The Hall–Kier alpha value is -3.37. The Kier molecular flexibility index (Phi) is 5.66. The summed E-state index contributed by atoms with van der Waals surface area (Å²) in [7, 11) is 0. The Morgan fingerprint density at radius 2 is 1.35 bits per heavy atom. The maximum atomic E-state index is 13.4. The van der Waals surface area contributed by atoms with Crippen molar-refractivity contribution < 1.29 is 14.6 Å². The van der Waals surface area contributed by atoms with Gasteiger partial charge in [0, 0.05) is 0 Å². The molecule has 1 atom stereocenters. The molecule has 4 rings (SSSR count). The molecule has 0 aliphatic carbocycles. The number of nitrogens with zero attached hydrogens (tertiary/aromatic N) is 1. The third-order valence-electron chi connectivity index (χ3n) is 5.98. The molecule has 4 heteroatoms. The molecule has 1 heterocycles. The normalized spacial score (nSPS) is 15.6. The van der Waals surface area contributed by atoms with E-state index in [1.807, 2.05) is 93.6 Å². The van der Waals surface area contributed by atoms with E-state index >= 15 is 0 Å². The molecule has 0 radical (unpaired) electrons. The van der Waals surface area contributed by atoms with Crippen LogP contribution in [0.3, 0.4) is 0 Å². The molecule has 1 aliphatic heterocycles. The SMILES string of the molecule is CC1=C(c2ccccc2)C(=O)N(C(C)(C)C(O)c2ccc(-c3ccccc3)cc2)CO1. The molecule has 4 nitrogen and oxygen atoms in total. The van der Waals surface area contributed by atoms with E-state index in [-0.39, 0.29) is 12.6 Å². The van der Waals surface area contributed by atoms with Gasteiger partial charge >= 0.3 is 0 Å². The van der Waals surface area contributed by atoms with Crippen molar-refractivity contribution in [2.45, 2.75) is 32.4 Å². The summed E-state index contributed by atoms with van der Waals surface area (Å²) < 4.78 is 5.85. The van der Waals surface area contributed by atoms with Crippen molar-refractivity contribution in [3.63, 3.8) is 0 Å². The number of amides is 1. The van der Waals surface area contributed by atoms with Crippen LogP contribution in [0.5, 0.6) is 0 Å². The standard InChI is InChI=1S/C27H27NO3/c1-19-24(22-12-8-5-9-13-22)26(30)28(18-31-19)27(2,3)25(29)23-16-14-21(15-17-23)20-10-6-4-7-11-20/h4-17,25,29H,18H2,1-3H3. The van der Waals surface area contributed by atoms with Gasteiger partial charge in [-0.2, -0.15) is 0 Å². The fraction of sp³-hybridized carbons (Fsp3) is 0.222. The van der Waals surface area contributed by atoms with E-state index in [9.17, 15) is 9.90 Å². The average Bonchev–Trinajstić information content (AvgIpc) is 2.80. The lowest BCUT2D eigenvalue weighted by Crippen LogP contribution is -2.54. The minimum atomic E-state index is -0.875. The molecule has 3 aromatic rings. The van der Waals surface area contributed by atoms with Crippen LogP contribution in [0.4, 0.5) is 0 Å². The van der Waals surface area contributed by atoms with Crippen LogP contribution in [0.25, 0.3) is 16.7 Å². The lowest BCUT2D eigenvalue weighted by molar-refractivity contribution is -0.146. The maximum absolute atomic E-state index is 13.4. The molecule has 1 aliphatic rings. The highest BCUT2D eigenvalue weighted by Crippen LogP contribution is 2.37. The van der Waals surface area contributed by atoms with E-state index in [4.69, 9.17) is 4.74 Å². The second-order valence-electron chi connectivity index (χ2n) is 8.35. The van der Waals surface area contributed by atoms with Gasteiger partial charge in [0.15, 0.2) is 6.73 Å². The van der Waals surface area contributed by atoms with E-state index in [0.717, 1.165) is 22.3 Å². The van der Waals surface area contributed by atoms with Crippen molar-refractivity contribution in [3.05, 3.63) is 102 Å². The highest BCUT2D eigenvalue weighted by atomic mass is 16.5. The van der Waals surface area contributed by atoms with Gasteiger partial charge in [0.05, 0.1) is 11.1 Å². The number of aliphatic hydroxyl groups excluding tert-OH is 1. The number of benzene rings is 3.